The Kier molecular flexibility index (Phi) is 3.11. The molecule has 0 radical (unpaired) electrons. The predicted molar refractivity (Wildman–Crippen MR) is 62.6 cm³/mol. The number of rotatable bonds is 3. The molecule has 1 aromatic rings. The molecule has 88 valence electrons. The first-order valence-corrected chi connectivity index (χ1v) is 6.83. The Balaban J connectivity index is 2.09. The molecule has 0 saturated carbocycles. The molecule has 0 amide bonds. The number of pyridine rings is 1. The fourth-order valence-electron chi connectivity index (χ4n) is 1.74. The first kappa shape index (κ1) is 11.3. The molecular weight excluding hydrogens is 226 g/mol. The van der Waals surface area contributed by atoms with E-state index < -0.39 is 10.0 Å². The Labute approximate surface area is 95.5 Å². The fraction of sp³-hybridized carbons (Fsp3) is 0.500. The van der Waals surface area contributed by atoms with E-state index in [9.17, 15) is 8.42 Å². The van der Waals surface area contributed by atoms with Crippen molar-refractivity contribution in [2.45, 2.75) is 13.0 Å². The molecule has 0 unspecified atom stereocenters. The third-order valence-corrected chi connectivity index (χ3v) is 4.55. The largest absolute Gasteiger partial charge is 0.373 e. The van der Waals surface area contributed by atoms with Crippen LogP contribution in [0.4, 0.5) is 5.82 Å². The van der Waals surface area contributed by atoms with Crippen molar-refractivity contribution in [3.8, 4) is 0 Å². The van der Waals surface area contributed by atoms with Crippen LogP contribution in [0.3, 0.4) is 0 Å². The van der Waals surface area contributed by atoms with E-state index in [1.165, 1.54) is 4.31 Å². The van der Waals surface area contributed by atoms with Crippen molar-refractivity contribution in [2.75, 3.05) is 24.7 Å². The van der Waals surface area contributed by atoms with Crippen molar-refractivity contribution in [1.29, 1.82) is 0 Å². The highest BCUT2D eigenvalue weighted by atomic mass is 32.2. The molecule has 1 N–H and O–H groups in total. The van der Waals surface area contributed by atoms with Crippen LogP contribution in [0.25, 0.3) is 0 Å². The predicted octanol–water partition coefficient (Wildman–Crippen LogP) is 0.659. The second-order valence-corrected chi connectivity index (χ2v) is 5.89. The van der Waals surface area contributed by atoms with Crippen LogP contribution >= 0.6 is 0 Å². The van der Waals surface area contributed by atoms with Gasteiger partial charge in [0.1, 0.15) is 5.82 Å². The highest BCUT2D eigenvalue weighted by Gasteiger charge is 2.27. The summed E-state index contributed by atoms with van der Waals surface area (Å²) in [7, 11) is -1.21. The van der Waals surface area contributed by atoms with Crippen molar-refractivity contribution in [3.05, 3.63) is 23.9 Å². The number of hydrogen-bond acceptors (Lipinski definition) is 4. The van der Waals surface area contributed by atoms with Gasteiger partial charge in [0, 0.05) is 26.3 Å². The molecule has 16 heavy (non-hydrogen) atoms. The number of sulfonamides is 1. The topological polar surface area (TPSA) is 62.3 Å². The van der Waals surface area contributed by atoms with Crippen LogP contribution in [0.5, 0.6) is 0 Å². The first-order valence-electron chi connectivity index (χ1n) is 5.22. The minimum atomic E-state index is -3.01. The summed E-state index contributed by atoms with van der Waals surface area (Å²) >= 11 is 0. The van der Waals surface area contributed by atoms with Crippen molar-refractivity contribution >= 4 is 15.8 Å². The van der Waals surface area contributed by atoms with Crippen molar-refractivity contribution in [3.63, 3.8) is 0 Å². The van der Waals surface area contributed by atoms with Gasteiger partial charge in [-0.3, -0.25) is 0 Å². The van der Waals surface area contributed by atoms with Crippen molar-refractivity contribution in [2.24, 2.45) is 0 Å². The summed E-state index contributed by atoms with van der Waals surface area (Å²) in [6.45, 7) is 1.05. The Morgan fingerprint density at radius 1 is 1.50 bits per heavy atom. The maximum Gasteiger partial charge on any atom is 0.214 e. The van der Waals surface area contributed by atoms with Crippen LogP contribution in [0.15, 0.2) is 18.3 Å². The Bertz CT molecular complexity index is 455. The normalized spacial score (nSPS) is 19.8. The number of nitrogens with zero attached hydrogens (tertiary/aromatic N) is 2. The lowest BCUT2D eigenvalue weighted by Gasteiger charge is -2.13. The van der Waals surface area contributed by atoms with Gasteiger partial charge >= 0.3 is 0 Å². The standard InChI is InChI=1S/C10H15N3O2S/c1-11-10-4-3-9(7-12-10)8-13-5-2-6-16(13,14)15/h3-4,7H,2,5-6,8H2,1H3,(H,11,12). The van der Waals surface area contributed by atoms with E-state index in [4.69, 9.17) is 0 Å². The zero-order chi connectivity index (χ0) is 11.6. The van der Waals surface area contributed by atoms with Crippen LogP contribution in [-0.2, 0) is 16.6 Å². The van der Waals surface area contributed by atoms with Crippen LogP contribution in [-0.4, -0.2) is 37.1 Å². The van der Waals surface area contributed by atoms with E-state index in [0.29, 0.717) is 13.1 Å². The van der Waals surface area contributed by atoms with E-state index >= 15 is 0 Å². The Hall–Kier alpha value is -1.14. The van der Waals surface area contributed by atoms with Gasteiger partial charge in [0.05, 0.1) is 5.75 Å². The van der Waals surface area contributed by atoms with Crippen LogP contribution < -0.4 is 5.32 Å². The summed E-state index contributed by atoms with van der Waals surface area (Å²) in [5, 5.41) is 2.92. The van der Waals surface area contributed by atoms with E-state index in [1.54, 1.807) is 13.2 Å². The molecule has 0 aromatic carbocycles. The number of anilines is 1. The second-order valence-electron chi connectivity index (χ2n) is 3.80. The SMILES string of the molecule is CNc1ccc(CN2CCCS2(=O)=O)cn1. The van der Waals surface area contributed by atoms with E-state index in [0.717, 1.165) is 17.8 Å². The molecule has 1 aromatic heterocycles. The molecule has 5 nitrogen and oxygen atoms in total. The maximum atomic E-state index is 11.6. The lowest BCUT2D eigenvalue weighted by Crippen LogP contribution is -2.25. The number of aromatic nitrogens is 1. The molecule has 1 aliphatic rings. The summed E-state index contributed by atoms with van der Waals surface area (Å²) in [5.41, 5.74) is 0.921. The van der Waals surface area contributed by atoms with Gasteiger partial charge in [-0.25, -0.2) is 13.4 Å². The van der Waals surface area contributed by atoms with Crippen LogP contribution in [0.1, 0.15) is 12.0 Å². The Morgan fingerprint density at radius 2 is 2.31 bits per heavy atom. The van der Waals surface area contributed by atoms with Crippen LogP contribution in [0.2, 0.25) is 0 Å². The average Bonchev–Trinajstić information content (AvgIpc) is 2.59. The summed E-state index contributed by atoms with van der Waals surface area (Å²) in [6.07, 6.45) is 2.43. The zero-order valence-corrected chi connectivity index (χ0v) is 10.00. The third-order valence-electron chi connectivity index (χ3n) is 2.64. The second kappa shape index (κ2) is 4.39. The Morgan fingerprint density at radius 3 is 2.81 bits per heavy atom. The first-order chi connectivity index (χ1) is 7.62. The smallest absolute Gasteiger partial charge is 0.214 e. The summed E-state index contributed by atoms with van der Waals surface area (Å²) in [6, 6.07) is 3.74. The summed E-state index contributed by atoms with van der Waals surface area (Å²) in [4.78, 5) is 4.15. The van der Waals surface area contributed by atoms with Gasteiger partial charge in [-0.2, -0.15) is 4.31 Å². The van der Waals surface area contributed by atoms with Gasteiger partial charge < -0.3 is 5.32 Å². The van der Waals surface area contributed by atoms with E-state index in [2.05, 4.69) is 10.3 Å². The zero-order valence-electron chi connectivity index (χ0n) is 9.18. The quantitative estimate of drug-likeness (QED) is 0.844. The van der Waals surface area contributed by atoms with Gasteiger partial charge in [-0.05, 0) is 18.1 Å². The minimum Gasteiger partial charge on any atom is -0.373 e. The van der Waals surface area contributed by atoms with Gasteiger partial charge in [0.15, 0.2) is 0 Å². The summed E-state index contributed by atoms with van der Waals surface area (Å²) in [5.74, 6) is 1.06. The number of nitrogens with one attached hydrogen (secondary N) is 1. The average molecular weight is 241 g/mol. The lowest BCUT2D eigenvalue weighted by molar-refractivity contribution is 0.439. The molecule has 2 heterocycles. The lowest BCUT2D eigenvalue weighted by atomic mass is 10.3. The molecular formula is C10H15N3O2S. The van der Waals surface area contributed by atoms with Crippen molar-refractivity contribution in [1.82, 2.24) is 9.29 Å². The van der Waals surface area contributed by atoms with Gasteiger partial charge in [-0.15, -0.1) is 0 Å². The maximum absolute atomic E-state index is 11.6. The monoisotopic (exact) mass is 241 g/mol. The molecule has 1 saturated heterocycles. The molecule has 0 spiro atoms. The van der Waals surface area contributed by atoms with E-state index in [1.807, 2.05) is 12.1 Å². The highest BCUT2D eigenvalue weighted by molar-refractivity contribution is 7.89. The molecule has 1 aliphatic heterocycles. The molecule has 0 atom stereocenters. The third kappa shape index (κ3) is 2.33. The van der Waals surface area contributed by atoms with Gasteiger partial charge in [0.2, 0.25) is 10.0 Å². The van der Waals surface area contributed by atoms with Gasteiger partial charge in [0.25, 0.3) is 0 Å². The van der Waals surface area contributed by atoms with Gasteiger partial charge in [-0.1, -0.05) is 6.07 Å². The minimum absolute atomic E-state index is 0.273. The van der Waals surface area contributed by atoms with E-state index in [-0.39, 0.29) is 5.75 Å². The molecule has 6 heteroatoms. The highest BCUT2D eigenvalue weighted by Crippen LogP contribution is 2.17. The number of hydrogen-bond donors (Lipinski definition) is 1. The molecule has 0 bridgehead atoms. The van der Waals surface area contributed by atoms with Crippen molar-refractivity contribution < 1.29 is 8.42 Å². The molecule has 1 fully saturated rings. The van der Waals surface area contributed by atoms with Crippen LogP contribution in [0, 0.1) is 0 Å². The molecule has 0 aliphatic carbocycles. The molecule has 2 rings (SSSR count). The summed E-state index contributed by atoms with van der Waals surface area (Å²) < 4.78 is 24.7. The fourth-order valence-corrected chi connectivity index (χ4v) is 3.24.